The first-order chi connectivity index (χ1) is 13.1. The van der Waals surface area contributed by atoms with Crippen molar-refractivity contribution in [2.75, 3.05) is 0 Å². The van der Waals surface area contributed by atoms with E-state index in [1.54, 1.807) is 0 Å². The minimum atomic E-state index is -4.63. The van der Waals surface area contributed by atoms with E-state index in [4.69, 9.17) is 0 Å². The van der Waals surface area contributed by atoms with Gasteiger partial charge in [-0.2, -0.15) is 17.5 Å². The summed E-state index contributed by atoms with van der Waals surface area (Å²) in [4.78, 5) is 24.9. The number of hydrogen-bond acceptors (Lipinski definition) is 4. The lowest BCUT2D eigenvalue weighted by Crippen LogP contribution is -2.53. The fourth-order valence-electron chi connectivity index (χ4n) is 4.66. The summed E-state index contributed by atoms with van der Waals surface area (Å²) in [6.07, 6.45) is -2.49. The number of alkyl halides is 3. The lowest BCUT2D eigenvalue weighted by Gasteiger charge is -2.40. The van der Waals surface area contributed by atoms with Crippen LogP contribution in [0.1, 0.15) is 44.1 Å². The molecule has 0 aliphatic carbocycles. The molecule has 3 aliphatic rings. The number of likely N-dealkylation sites (tertiary alicyclic amines) is 1. The number of halogens is 3. The largest absolute Gasteiger partial charge is 0.416 e. The Morgan fingerprint density at radius 1 is 0.929 bits per heavy atom. The van der Waals surface area contributed by atoms with Gasteiger partial charge in [0.15, 0.2) is 0 Å². The van der Waals surface area contributed by atoms with E-state index in [9.17, 15) is 31.2 Å². The molecule has 3 heterocycles. The first-order valence-corrected chi connectivity index (χ1v) is 10.6. The molecule has 3 saturated heterocycles. The van der Waals surface area contributed by atoms with E-state index in [1.807, 2.05) is 0 Å². The zero-order valence-electron chi connectivity index (χ0n) is 14.9. The molecule has 4 rings (SSSR count). The first-order valence-electron chi connectivity index (χ1n) is 9.15. The lowest BCUT2D eigenvalue weighted by atomic mass is 9.98. The second-order valence-corrected chi connectivity index (χ2v) is 9.37. The minimum Gasteiger partial charge on any atom is -0.279 e. The average molecular weight is 416 g/mol. The molecule has 2 atom stereocenters. The molecule has 2 amide bonds. The molecule has 3 aliphatic heterocycles. The normalized spacial score (nSPS) is 29.0. The summed E-state index contributed by atoms with van der Waals surface area (Å²) in [5.74, 6) is -0.466. The summed E-state index contributed by atoms with van der Waals surface area (Å²) in [5.41, 5.74) is -1.01. The van der Waals surface area contributed by atoms with Crippen LogP contribution in [0.25, 0.3) is 0 Å². The van der Waals surface area contributed by atoms with Crippen LogP contribution in [0.15, 0.2) is 29.2 Å². The van der Waals surface area contributed by atoms with Crippen molar-refractivity contribution in [2.45, 2.75) is 67.7 Å². The van der Waals surface area contributed by atoms with Gasteiger partial charge in [0.05, 0.1) is 10.5 Å². The molecule has 6 nitrogen and oxygen atoms in total. The number of carbonyl (C=O) groups is 2. The zero-order valence-corrected chi connectivity index (χ0v) is 15.7. The summed E-state index contributed by atoms with van der Waals surface area (Å²) in [7, 11) is -4.11. The maximum absolute atomic E-state index is 13.1. The number of imide groups is 1. The van der Waals surface area contributed by atoms with Gasteiger partial charge in [0.1, 0.15) is 0 Å². The Morgan fingerprint density at radius 2 is 1.50 bits per heavy atom. The monoisotopic (exact) mass is 416 g/mol. The van der Waals surface area contributed by atoms with Gasteiger partial charge in [-0.1, -0.05) is 6.07 Å². The Labute approximate surface area is 160 Å². The van der Waals surface area contributed by atoms with Gasteiger partial charge in [-0.05, 0) is 43.9 Å². The van der Waals surface area contributed by atoms with Crippen molar-refractivity contribution in [3.05, 3.63) is 29.8 Å². The molecule has 1 aromatic carbocycles. The van der Waals surface area contributed by atoms with Crippen LogP contribution in [0.5, 0.6) is 0 Å². The van der Waals surface area contributed by atoms with Gasteiger partial charge < -0.3 is 0 Å². The highest BCUT2D eigenvalue weighted by molar-refractivity contribution is 7.89. The Balaban J connectivity index is 1.61. The van der Waals surface area contributed by atoms with E-state index in [0.717, 1.165) is 12.1 Å². The van der Waals surface area contributed by atoms with E-state index >= 15 is 0 Å². The number of piperidine rings is 1. The number of nitrogens with zero attached hydrogens (tertiary/aromatic N) is 2. The van der Waals surface area contributed by atoms with Crippen LogP contribution in [-0.4, -0.2) is 47.6 Å². The number of benzene rings is 1. The van der Waals surface area contributed by atoms with Crippen LogP contribution in [0.3, 0.4) is 0 Å². The number of rotatable bonds is 3. The van der Waals surface area contributed by atoms with Crippen molar-refractivity contribution in [1.82, 2.24) is 9.21 Å². The van der Waals surface area contributed by atoms with E-state index in [0.29, 0.717) is 31.7 Å². The van der Waals surface area contributed by atoms with Gasteiger partial charge in [0.2, 0.25) is 21.8 Å². The quantitative estimate of drug-likeness (QED) is 0.710. The molecule has 3 fully saturated rings. The van der Waals surface area contributed by atoms with Gasteiger partial charge in [0, 0.05) is 31.0 Å². The number of amides is 2. The Morgan fingerprint density at radius 3 is 2.04 bits per heavy atom. The third-order valence-corrected chi connectivity index (χ3v) is 7.83. The van der Waals surface area contributed by atoms with E-state index in [2.05, 4.69) is 0 Å². The summed E-state index contributed by atoms with van der Waals surface area (Å²) < 4.78 is 66.4. The van der Waals surface area contributed by atoms with Crippen molar-refractivity contribution in [3.63, 3.8) is 0 Å². The Hall–Kier alpha value is -1.94. The number of fused-ring (bicyclic) bond motifs is 2. The van der Waals surface area contributed by atoms with Gasteiger partial charge in [-0.25, -0.2) is 8.42 Å². The topological polar surface area (TPSA) is 74.8 Å². The van der Waals surface area contributed by atoms with Gasteiger partial charge >= 0.3 is 6.18 Å². The second kappa shape index (κ2) is 6.55. The standard InChI is InChI=1S/C18H19F3N2O4S/c19-18(20,21)11-2-1-3-15(8-11)28(26,27)23-12-4-5-13(23)10-14(9-12)22-16(24)6-7-17(22)25/h1-3,8,12-14H,4-7,9-10H2. The Bertz CT molecular complexity index is 901. The SMILES string of the molecule is O=C1CCC(=O)N1C1CC2CCC(C1)N2S(=O)(=O)c1cccc(C(F)(F)F)c1. The van der Waals surface area contributed by atoms with Crippen molar-refractivity contribution in [1.29, 1.82) is 0 Å². The van der Waals surface area contributed by atoms with Crippen LogP contribution in [-0.2, 0) is 25.8 Å². The molecular formula is C18H19F3N2O4S. The highest BCUT2D eigenvalue weighted by Crippen LogP contribution is 2.42. The van der Waals surface area contributed by atoms with Crippen molar-refractivity contribution in [3.8, 4) is 0 Å². The predicted octanol–water partition coefficient (Wildman–Crippen LogP) is 2.54. The van der Waals surface area contributed by atoms with E-state index in [1.165, 1.54) is 15.3 Å². The van der Waals surface area contributed by atoms with Crippen LogP contribution >= 0.6 is 0 Å². The minimum absolute atomic E-state index is 0.177. The summed E-state index contributed by atoms with van der Waals surface area (Å²) in [5, 5.41) is 0. The van der Waals surface area contributed by atoms with E-state index in [-0.39, 0.29) is 35.6 Å². The van der Waals surface area contributed by atoms with Crippen LogP contribution in [0, 0.1) is 0 Å². The van der Waals surface area contributed by atoms with Gasteiger partial charge in [-0.3, -0.25) is 14.5 Å². The molecular weight excluding hydrogens is 397 g/mol. The van der Waals surface area contributed by atoms with Crippen molar-refractivity contribution in [2.24, 2.45) is 0 Å². The van der Waals surface area contributed by atoms with Crippen molar-refractivity contribution >= 4 is 21.8 Å². The van der Waals surface area contributed by atoms with Gasteiger partial charge in [0.25, 0.3) is 0 Å². The molecule has 2 unspecified atom stereocenters. The molecule has 0 spiro atoms. The third kappa shape index (κ3) is 3.12. The lowest BCUT2D eigenvalue weighted by molar-refractivity contribution is -0.142. The molecule has 0 N–H and O–H groups in total. The highest BCUT2D eigenvalue weighted by Gasteiger charge is 2.50. The molecule has 2 bridgehead atoms. The summed E-state index contributed by atoms with van der Waals surface area (Å²) in [6.45, 7) is 0. The molecule has 0 radical (unpaired) electrons. The van der Waals surface area contributed by atoms with Gasteiger partial charge in [-0.15, -0.1) is 0 Å². The number of sulfonamides is 1. The molecule has 28 heavy (non-hydrogen) atoms. The maximum atomic E-state index is 13.1. The average Bonchev–Trinajstić information content (AvgIpc) is 3.11. The van der Waals surface area contributed by atoms with E-state index < -0.39 is 33.8 Å². The van der Waals surface area contributed by atoms with Crippen molar-refractivity contribution < 1.29 is 31.2 Å². The van der Waals surface area contributed by atoms with Crippen LogP contribution < -0.4 is 0 Å². The second-order valence-electron chi connectivity index (χ2n) is 7.53. The predicted molar refractivity (Wildman–Crippen MR) is 91.4 cm³/mol. The zero-order chi connectivity index (χ0) is 20.3. The smallest absolute Gasteiger partial charge is 0.279 e. The first kappa shape index (κ1) is 19.4. The summed E-state index contributed by atoms with van der Waals surface area (Å²) >= 11 is 0. The molecule has 10 heteroatoms. The number of hydrogen-bond donors (Lipinski definition) is 0. The maximum Gasteiger partial charge on any atom is 0.416 e. The highest BCUT2D eigenvalue weighted by atomic mass is 32.2. The molecule has 1 aromatic rings. The third-order valence-electron chi connectivity index (χ3n) is 5.83. The molecule has 0 saturated carbocycles. The summed E-state index contributed by atoms with van der Waals surface area (Å²) in [6, 6.07) is 2.57. The fraction of sp³-hybridized carbons (Fsp3) is 0.556. The molecule has 152 valence electrons. The fourth-order valence-corrected chi connectivity index (χ4v) is 6.60. The molecule has 0 aromatic heterocycles. The van der Waals surface area contributed by atoms with Crippen LogP contribution in [0.2, 0.25) is 0 Å². The van der Waals surface area contributed by atoms with Crippen LogP contribution in [0.4, 0.5) is 13.2 Å². The number of carbonyl (C=O) groups excluding carboxylic acids is 2. The Kier molecular flexibility index (Phi) is 4.53.